The Hall–Kier alpha value is -2.12. The van der Waals surface area contributed by atoms with Gasteiger partial charge in [0.25, 0.3) is 5.56 Å². The van der Waals surface area contributed by atoms with E-state index in [0.29, 0.717) is 27.5 Å². The van der Waals surface area contributed by atoms with Crippen LogP contribution in [0.15, 0.2) is 34.0 Å². The van der Waals surface area contributed by atoms with Crippen molar-refractivity contribution in [3.05, 3.63) is 57.0 Å². The maximum Gasteiger partial charge on any atom is 0.254 e. The lowest BCUT2D eigenvalue weighted by Crippen LogP contribution is -2.32. The van der Waals surface area contributed by atoms with Crippen LogP contribution in [0, 0.1) is 27.7 Å². The van der Waals surface area contributed by atoms with Crippen LogP contribution in [0.3, 0.4) is 0 Å². The maximum absolute atomic E-state index is 12.6. The van der Waals surface area contributed by atoms with Gasteiger partial charge in [0.05, 0.1) is 12.0 Å². The number of hydrogen-bond acceptors (Lipinski definition) is 4. The zero-order valence-corrected chi connectivity index (χ0v) is 16.0. The van der Waals surface area contributed by atoms with Crippen LogP contribution in [0.1, 0.15) is 22.4 Å². The highest BCUT2D eigenvalue weighted by atomic mass is 32.2. The van der Waals surface area contributed by atoms with E-state index in [1.54, 1.807) is 26.8 Å². The zero-order valence-electron chi connectivity index (χ0n) is 15.2. The number of sulfonamides is 1. The Kier molecular flexibility index (Phi) is 5.69. The van der Waals surface area contributed by atoms with E-state index < -0.39 is 10.0 Å². The first-order chi connectivity index (χ1) is 11.7. The van der Waals surface area contributed by atoms with Gasteiger partial charge in [-0.2, -0.15) is 0 Å². The Bertz CT molecular complexity index is 923. The van der Waals surface area contributed by atoms with Gasteiger partial charge in [0.15, 0.2) is 0 Å². The summed E-state index contributed by atoms with van der Waals surface area (Å²) in [6.07, 6.45) is 0. The highest BCUT2D eigenvalue weighted by Gasteiger charge is 2.19. The predicted molar refractivity (Wildman–Crippen MR) is 97.8 cm³/mol. The first-order valence-corrected chi connectivity index (χ1v) is 9.47. The Morgan fingerprint density at radius 1 is 1.04 bits per heavy atom. The number of ether oxygens (including phenoxy) is 1. The molecule has 0 bridgehead atoms. The second-order valence-corrected chi connectivity index (χ2v) is 7.86. The Morgan fingerprint density at radius 2 is 1.64 bits per heavy atom. The molecule has 7 heteroatoms. The van der Waals surface area contributed by atoms with Crippen molar-refractivity contribution in [2.75, 3.05) is 13.7 Å². The van der Waals surface area contributed by atoms with Crippen LogP contribution < -0.4 is 15.0 Å². The molecule has 0 aliphatic heterocycles. The molecule has 0 aliphatic rings. The van der Waals surface area contributed by atoms with E-state index >= 15 is 0 Å². The van der Waals surface area contributed by atoms with Gasteiger partial charge in [-0.3, -0.25) is 4.79 Å². The molecule has 1 N–H and O–H groups in total. The van der Waals surface area contributed by atoms with Crippen molar-refractivity contribution < 1.29 is 13.2 Å². The topological polar surface area (TPSA) is 77.4 Å². The van der Waals surface area contributed by atoms with E-state index in [9.17, 15) is 13.2 Å². The number of pyridine rings is 1. The van der Waals surface area contributed by atoms with Crippen LogP contribution in [-0.2, 0) is 16.6 Å². The molecule has 0 amide bonds. The predicted octanol–water partition coefficient (Wildman–Crippen LogP) is 2.07. The first-order valence-electron chi connectivity index (χ1n) is 7.98. The van der Waals surface area contributed by atoms with Gasteiger partial charge in [0, 0.05) is 24.8 Å². The van der Waals surface area contributed by atoms with Gasteiger partial charge < -0.3 is 9.30 Å². The molecule has 0 unspecified atom stereocenters. The van der Waals surface area contributed by atoms with E-state index in [1.165, 1.54) is 17.7 Å². The van der Waals surface area contributed by atoms with Crippen molar-refractivity contribution in [1.82, 2.24) is 9.29 Å². The molecule has 0 aliphatic carbocycles. The Balaban J connectivity index is 2.18. The number of nitrogens with zero attached hydrogens (tertiary/aromatic N) is 1. The molecule has 2 aromatic rings. The largest absolute Gasteiger partial charge is 0.496 e. The minimum Gasteiger partial charge on any atom is -0.496 e. The van der Waals surface area contributed by atoms with Gasteiger partial charge in [0.1, 0.15) is 5.75 Å². The van der Waals surface area contributed by atoms with Crippen molar-refractivity contribution in [2.45, 2.75) is 39.1 Å². The van der Waals surface area contributed by atoms with Crippen LogP contribution in [0.25, 0.3) is 0 Å². The van der Waals surface area contributed by atoms with Crippen LogP contribution in [0.5, 0.6) is 5.75 Å². The third-order valence-corrected chi connectivity index (χ3v) is 5.81. The first kappa shape index (κ1) is 19.2. The van der Waals surface area contributed by atoms with Crippen LogP contribution in [0.2, 0.25) is 0 Å². The van der Waals surface area contributed by atoms with Crippen LogP contribution in [-0.4, -0.2) is 26.6 Å². The lowest BCUT2D eigenvalue weighted by atomic mass is 10.1. The molecule has 0 radical (unpaired) electrons. The molecule has 0 saturated carbocycles. The second-order valence-electron chi connectivity index (χ2n) is 6.15. The molecular weight excluding hydrogens is 340 g/mol. The van der Waals surface area contributed by atoms with Gasteiger partial charge in [0.2, 0.25) is 10.0 Å². The minimum atomic E-state index is -3.64. The number of methoxy groups -OCH3 is 1. The summed E-state index contributed by atoms with van der Waals surface area (Å²) in [4.78, 5) is 12.4. The second kappa shape index (κ2) is 7.41. The van der Waals surface area contributed by atoms with Gasteiger partial charge in [-0.25, -0.2) is 13.1 Å². The van der Waals surface area contributed by atoms with E-state index in [0.717, 1.165) is 5.56 Å². The number of benzene rings is 1. The number of aromatic nitrogens is 1. The molecule has 2 rings (SSSR count). The van der Waals surface area contributed by atoms with Crippen LogP contribution >= 0.6 is 0 Å². The molecule has 1 heterocycles. The van der Waals surface area contributed by atoms with Crippen LogP contribution in [0.4, 0.5) is 0 Å². The summed E-state index contributed by atoms with van der Waals surface area (Å²) in [5.41, 5.74) is 2.94. The van der Waals surface area contributed by atoms with Gasteiger partial charge >= 0.3 is 0 Å². The standard InChI is InChI=1S/C18H24N2O4S/c1-12-8-13(2)18(14(3)9-12)25(22,23)19-6-7-20-15(4)10-16(24-5)11-17(20)21/h8-11,19H,6-7H2,1-5H3. The fraction of sp³-hybridized carbons (Fsp3) is 0.389. The van der Waals surface area contributed by atoms with E-state index in [1.807, 2.05) is 19.1 Å². The SMILES string of the molecule is COc1cc(C)n(CCNS(=O)(=O)c2c(C)cc(C)cc2C)c(=O)c1. The fourth-order valence-electron chi connectivity index (χ4n) is 3.06. The third kappa shape index (κ3) is 4.29. The molecule has 0 atom stereocenters. The molecule has 136 valence electrons. The molecule has 0 spiro atoms. The van der Waals surface area contributed by atoms with E-state index in [-0.39, 0.29) is 18.6 Å². The number of hydrogen-bond donors (Lipinski definition) is 1. The number of aryl methyl sites for hydroxylation is 4. The molecular formula is C18H24N2O4S. The maximum atomic E-state index is 12.6. The van der Waals surface area contributed by atoms with E-state index in [2.05, 4.69) is 4.72 Å². The summed E-state index contributed by atoms with van der Waals surface area (Å²) in [5, 5.41) is 0. The van der Waals surface area contributed by atoms with Crippen molar-refractivity contribution in [3.63, 3.8) is 0 Å². The molecule has 0 fully saturated rings. The average Bonchev–Trinajstić information content (AvgIpc) is 2.48. The summed E-state index contributed by atoms with van der Waals surface area (Å²) in [6, 6.07) is 6.82. The molecule has 25 heavy (non-hydrogen) atoms. The monoisotopic (exact) mass is 364 g/mol. The lowest BCUT2D eigenvalue weighted by Gasteiger charge is -2.15. The van der Waals surface area contributed by atoms with E-state index in [4.69, 9.17) is 4.74 Å². The van der Waals surface area contributed by atoms with Crippen molar-refractivity contribution in [3.8, 4) is 5.75 Å². The molecule has 1 aromatic heterocycles. The van der Waals surface area contributed by atoms with Crippen molar-refractivity contribution in [2.24, 2.45) is 0 Å². The van der Waals surface area contributed by atoms with Crippen molar-refractivity contribution >= 4 is 10.0 Å². The summed E-state index contributed by atoms with van der Waals surface area (Å²) in [7, 11) is -2.14. The Morgan fingerprint density at radius 3 is 2.16 bits per heavy atom. The summed E-state index contributed by atoms with van der Waals surface area (Å²) in [6.45, 7) is 7.66. The third-order valence-electron chi connectivity index (χ3n) is 4.05. The summed E-state index contributed by atoms with van der Waals surface area (Å²) < 4.78 is 34.4. The quantitative estimate of drug-likeness (QED) is 0.851. The molecule has 1 aromatic carbocycles. The molecule has 6 nitrogen and oxygen atoms in total. The normalized spacial score (nSPS) is 11.6. The fourth-order valence-corrected chi connectivity index (χ4v) is 4.53. The van der Waals surface area contributed by atoms with Gasteiger partial charge in [-0.1, -0.05) is 17.7 Å². The van der Waals surface area contributed by atoms with Crippen molar-refractivity contribution in [1.29, 1.82) is 0 Å². The lowest BCUT2D eigenvalue weighted by molar-refractivity contribution is 0.411. The average molecular weight is 364 g/mol. The molecule has 0 saturated heterocycles. The van der Waals surface area contributed by atoms with Gasteiger partial charge in [-0.15, -0.1) is 0 Å². The highest BCUT2D eigenvalue weighted by Crippen LogP contribution is 2.21. The minimum absolute atomic E-state index is 0.127. The Labute approximate surface area is 148 Å². The zero-order chi connectivity index (χ0) is 18.8. The number of rotatable bonds is 6. The highest BCUT2D eigenvalue weighted by molar-refractivity contribution is 7.89. The summed E-state index contributed by atoms with van der Waals surface area (Å²) >= 11 is 0. The summed E-state index contributed by atoms with van der Waals surface area (Å²) in [5.74, 6) is 0.491. The number of nitrogens with one attached hydrogen (secondary N) is 1. The van der Waals surface area contributed by atoms with Gasteiger partial charge in [-0.05, 0) is 44.9 Å². The smallest absolute Gasteiger partial charge is 0.254 e.